The maximum absolute atomic E-state index is 11.2. The van der Waals surface area contributed by atoms with E-state index >= 15 is 0 Å². The summed E-state index contributed by atoms with van der Waals surface area (Å²) in [5.41, 5.74) is 0. The van der Waals surface area contributed by atoms with Gasteiger partial charge in [0.25, 0.3) is 0 Å². The summed E-state index contributed by atoms with van der Waals surface area (Å²) in [6.45, 7) is 3.89. The van der Waals surface area contributed by atoms with Gasteiger partial charge in [0.05, 0.1) is 5.75 Å². The molecule has 16 heavy (non-hydrogen) atoms. The molecule has 0 aromatic carbocycles. The largest absolute Gasteiger partial charge is 0.316 e. The Morgan fingerprint density at radius 3 is 2.81 bits per heavy atom. The lowest BCUT2D eigenvalue weighted by Crippen LogP contribution is -2.25. The smallest absolute Gasteiger partial charge is 0.151 e. The summed E-state index contributed by atoms with van der Waals surface area (Å²) < 4.78 is 24.2. The van der Waals surface area contributed by atoms with E-state index in [9.17, 15) is 8.42 Å². The lowest BCUT2D eigenvalue weighted by atomic mass is 10.4. The van der Waals surface area contributed by atoms with Crippen LogP contribution in [0.15, 0.2) is 18.5 Å². The first-order chi connectivity index (χ1) is 7.64. The van der Waals surface area contributed by atoms with Crippen LogP contribution in [-0.2, 0) is 16.4 Å². The van der Waals surface area contributed by atoms with Crippen molar-refractivity contribution in [3.63, 3.8) is 0 Å². The molecule has 5 nitrogen and oxygen atoms in total. The molecule has 0 aliphatic carbocycles. The van der Waals surface area contributed by atoms with Crippen molar-refractivity contribution < 1.29 is 8.42 Å². The van der Waals surface area contributed by atoms with Crippen LogP contribution in [0.1, 0.15) is 13.3 Å². The highest BCUT2D eigenvalue weighted by Gasteiger charge is 2.05. The highest BCUT2D eigenvalue weighted by atomic mass is 32.2. The minimum atomic E-state index is -2.83. The molecule has 0 atom stereocenters. The molecule has 1 aromatic heterocycles. The van der Waals surface area contributed by atoms with Crippen LogP contribution in [0, 0.1) is 0 Å². The molecule has 0 saturated heterocycles. The van der Waals surface area contributed by atoms with Crippen molar-refractivity contribution in [2.75, 3.05) is 24.6 Å². The Kier molecular flexibility index (Phi) is 5.48. The molecule has 1 rings (SSSR count). The zero-order valence-corrected chi connectivity index (χ0v) is 10.4. The van der Waals surface area contributed by atoms with Crippen LogP contribution >= 0.6 is 0 Å². The quantitative estimate of drug-likeness (QED) is 0.669. The molecule has 1 heterocycles. The van der Waals surface area contributed by atoms with E-state index in [1.807, 2.05) is 16.9 Å². The van der Waals surface area contributed by atoms with Gasteiger partial charge in [-0.3, -0.25) is 4.68 Å². The Balaban J connectivity index is 2.01. The summed E-state index contributed by atoms with van der Waals surface area (Å²) in [5, 5.41) is 7.20. The van der Waals surface area contributed by atoms with Gasteiger partial charge in [0, 0.05) is 31.2 Å². The summed E-state index contributed by atoms with van der Waals surface area (Å²) in [6, 6.07) is 1.89. The van der Waals surface area contributed by atoms with E-state index in [-0.39, 0.29) is 11.5 Å². The molecular formula is C10H19N3O2S. The minimum Gasteiger partial charge on any atom is -0.316 e. The van der Waals surface area contributed by atoms with Gasteiger partial charge in [0.1, 0.15) is 0 Å². The average molecular weight is 245 g/mol. The van der Waals surface area contributed by atoms with Gasteiger partial charge in [-0.1, -0.05) is 6.92 Å². The third-order valence-corrected chi connectivity index (χ3v) is 4.04. The van der Waals surface area contributed by atoms with Crippen LogP contribution < -0.4 is 5.32 Å². The molecule has 6 heteroatoms. The number of aryl methyl sites for hydroxylation is 1. The lowest BCUT2D eigenvalue weighted by molar-refractivity contribution is 0.547. The van der Waals surface area contributed by atoms with E-state index in [1.54, 1.807) is 13.1 Å². The SMILES string of the molecule is CCS(=O)(=O)CCNCCCn1cccn1. The zero-order valence-electron chi connectivity index (χ0n) is 9.59. The molecule has 0 radical (unpaired) electrons. The van der Waals surface area contributed by atoms with E-state index in [0.29, 0.717) is 6.54 Å². The van der Waals surface area contributed by atoms with Gasteiger partial charge < -0.3 is 5.32 Å². The Morgan fingerprint density at radius 1 is 1.38 bits per heavy atom. The van der Waals surface area contributed by atoms with Gasteiger partial charge in [0.15, 0.2) is 9.84 Å². The molecule has 0 fully saturated rings. The van der Waals surface area contributed by atoms with Crippen molar-refractivity contribution in [1.82, 2.24) is 15.1 Å². The molecule has 92 valence electrons. The van der Waals surface area contributed by atoms with Crippen molar-refractivity contribution in [3.05, 3.63) is 18.5 Å². The highest BCUT2D eigenvalue weighted by Crippen LogP contribution is 1.89. The van der Waals surface area contributed by atoms with E-state index in [2.05, 4.69) is 10.4 Å². The van der Waals surface area contributed by atoms with Gasteiger partial charge in [-0.2, -0.15) is 5.10 Å². The minimum absolute atomic E-state index is 0.224. The van der Waals surface area contributed by atoms with Crippen LogP contribution in [0.3, 0.4) is 0 Å². The highest BCUT2D eigenvalue weighted by molar-refractivity contribution is 7.91. The fourth-order valence-corrected chi connectivity index (χ4v) is 2.04. The first-order valence-corrected chi connectivity index (χ1v) is 7.35. The molecule has 0 amide bonds. The van der Waals surface area contributed by atoms with Crippen molar-refractivity contribution in [2.45, 2.75) is 19.9 Å². The monoisotopic (exact) mass is 245 g/mol. The topological polar surface area (TPSA) is 64.0 Å². The number of rotatable bonds is 8. The number of nitrogens with zero attached hydrogens (tertiary/aromatic N) is 2. The summed E-state index contributed by atoms with van der Waals surface area (Å²) in [5.74, 6) is 0.452. The number of sulfone groups is 1. The Morgan fingerprint density at radius 2 is 2.19 bits per heavy atom. The number of nitrogens with one attached hydrogen (secondary N) is 1. The van der Waals surface area contributed by atoms with Gasteiger partial charge in [-0.25, -0.2) is 8.42 Å². The van der Waals surface area contributed by atoms with Crippen molar-refractivity contribution in [1.29, 1.82) is 0 Å². The van der Waals surface area contributed by atoms with Crippen molar-refractivity contribution >= 4 is 9.84 Å². The standard InChI is InChI=1S/C10H19N3O2S/c1-2-16(14,15)10-7-11-5-3-8-13-9-4-6-12-13/h4,6,9,11H,2-3,5,7-8,10H2,1H3. The summed E-state index contributed by atoms with van der Waals surface area (Å²) >= 11 is 0. The fourth-order valence-electron chi connectivity index (χ4n) is 1.30. The Labute approximate surface area is 96.8 Å². The zero-order chi connectivity index (χ0) is 11.9. The maximum atomic E-state index is 11.2. The van der Waals surface area contributed by atoms with Crippen LogP contribution in [0.25, 0.3) is 0 Å². The van der Waals surface area contributed by atoms with Gasteiger partial charge in [0.2, 0.25) is 0 Å². The van der Waals surface area contributed by atoms with Crippen molar-refractivity contribution in [2.24, 2.45) is 0 Å². The summed E-state index contributed by atoms with van der Waals surface area (Å²) in [4.78, 5) is 0. The second-order valence-corrected chi connectivity index (χ2v) is 6.08. The van der Waals surface area contributed by atoms with Gasteiger partial charge >= 0.3 is 0 Å². The fraction of sp³-hybridized carbons (Fsp3) is 0.700. The molecule has 0 unspecified atom stereocenters. The molecule has 0 aliphatic heterocycles. The third-order valence-electron chi connectivity index (χ3n) is 2.33. The molecule has 0 saturated carbocycles. The van der Waals surface area contributed by atoms with Crippen LogP contribution in [0.5, 0.6) is 0 Å². The molecule has 1 aromatic rings. The van der Waals surface area contributed by atoms with E-state index in [1.165, 1.54) is 0 Å². The van der Waals surface area contributed by atoms with E-state index in [0.717, 1.165) is 19.5 Å². The first kappa shape index (κ1) is 13.2. The molecule has 1 N–H and O–H groups in total. The average Bonchev–Trinajstić information content (AvgIpc) is 2.76. The second kappa shape index (κ2) is 6.65. The molecule has 0 spiro atoms. The molecule has 0 bridgehead atoms. The van der Waals surface area contributed by atoms with Crippen LogP contribution in [0.2, 0.25) is 0 Å². The van der Waals surface area contributed by atoms with Crippen molar-refractivity contribution in [3.8, 4) is 0 Å². The predicted octanol–water partition coefficient (Wildman–Crippen LogP) is 0.298. The predicted molar refractivity (Wildman–Crippen MR) is 64.0 cm³/mol. The Hall–Kier alpha value is -0.880. The number of hydrogen-bond acceptors (Lipinski definition) is 4. The summed E-state index contributed by atoms with van der Waals surface area (Å²) in [7, 11) is -2.83. The van der Waals surface area contributed by atoms with Gasteiger partial charge in [-0.15, -0.1) is 0 Å². The number of hydrogen-bond donors (Lipinski definition) is 1. The normalized spacial score (nSPS) is 11.8. The number of aromatic nitrogens is 2. The van der Waals surface area contributed by atoms with Crippen LogP contribution in [0.4, 0.5) is 0 Å². The van der Waals surface area contributed by atoms with Gasteiger partial charge in [-0.05, 0) is 19.0 Å². The van der Waals surface area contributed by atoms with E-state index in [4.69, 9.17) is 0 Å². The lowest BCUT2D eigenvalue weighted by Gasteiger charge is -2.05. The van der Waals surface area contributed by atoms with Crippen LogP contribution in [-0.4, -0.2) is 42.8 Å². The Bertz CT molecular complexity index is 373. The second-order valence-electron chi connectivity index (χ2n) is 3.61. The molecule has 0 aliphatic rings. The third kappa shape index (κ3) is 5.27. The first-order valence-electron chi connectivity index (χ1n) is 5.52. The summed E-state index contributed by atoms with van der Waals surface area (Å²) in [6.07, 6.45) is 4.62. The maximum Gasteiger partial charge on any atom is 0.151 e. The van der Waals surface area contributed by atoms with E-state index < -0.39 is 9.84 Å². The molecular weight excluding hydrogens is 226 g/mol.